The molecule has 5 heteroatoms. The largest absolute Gasteiger partial charge is 0.369 e. The lowest BCUT2D eigenvalue weighted by molar-refractivity contribution is -0.119. The number of hydrogen-bond acceptors (Lipinski definition) is 2. The van der Waals surface area contributed by atoms with Crippen LogP contribution >= 0.6 is 0 Å². The lowest BCUT2D eigenvalue weighted by Gasteiger charge is -2.34. The van der Waals surface area contributed by atoms with Crippen LogP contribution in [0.2, 0.25) is 0 Å². The van der Waals surface area contributed by atoms with Gasteiger partial charge in [-0.2, -0.15) is 0 Å². The van der Waals surface area contributed by atoms with E-state index in [1.54, 1.807) is 6.07 Å². The smallest absolute Gasteiger partial charge is 0.217 e. The van der Waals surface area contributed by atoms with Gasteiger partial charge >= 0.3 is 0 Å². The zero-order chi connectivity index (χ0) is 13.1. The summed E-state index contributed by atoms with van der Waals surface area (Å²) in [5.74, 6) is -1.74. The maximum Gasteiger partial charge on any atom is 0.217 e. The third-order valence-electron chi connectivity index (χ3n) is 3.10. The lowest BCUT2D eigenvalue weighted by atomic mass is 10.0. The molecule has 1 heterocycles. The van der Waals surface area contributed by atoms with Crippen LogP contribution in [0.5, 0.6) is 0 Å². The van der Waals surface area contributed by atoms with Crippen LogP contribution in [0.25, 0.3) is 0 Å². The van der Waals surface area contributed by atoms with Gasteiger partial charge in [0.1, 0.15) is 0 Å². The Morgan fingerprint density at radius 3 is 2.83 bits per heavy atom. The van der Waals surface area contributed by atoms with Crippen LogP contribution in [0.3, 0.4) is 0 Å². The van der Waals surface area contributed by atoms with Gasteiger partial charge in [0.25, 0.3) is 0 Å². The van der Waals surface area contributed by atoms with Crippen LogP contribution in [0, 0.1) is 11.6 Å². The Morgan fingerprint density at radius 2 is 2.17 bits per heavy atom. The van der Waals surface area contributed by atoms with Crippen molar-refractivity contribution in [2.45, 2.75) is 25.8 Å². The number of anilines is 1. The van der Waals surface area contributed by atoms with Crippen molar-refractivity contribution in [2.24, 2.45) is 0 Å². The number of benzene rings is 1. The average molecular weight is 254 g/mol. The van der Waals surface area contributed by atoms with Gasteiger partial charge in [-0.25, -0.2) is 8.78 Å². The van der Waals surface area contributed by atoms with Crippen molar-refractivity contribution >= 4 is 11.6 Å². The molecular formula is C13H16F2N2O. The van der Waals surface area contributed by atoms with Crippen LogP contribution < -0.4 is 10.2 Å². The van der Waals surface area contributed by atoms with E-state index in [0.717, 1.165) is 25.5 Å². The van der Waals surface area contributed by atoms with Crippen LogP contribution in [0.15, 0.2) is 18.2 Å². The zero-order valence-corrected chi connectivity index (χ0v) is 10.2. The number of hydrogen-bond donors (Lipinski definition) is 1. The minimum atomic E-state index is -0.839. The summed E-state index contributed by atoms with van der Waals surface area (Å²) in [5.41, 5.74) is 0.656. The maximum absolute atomic E-state index is 13.2. The molecular weight excluding hydrogens is 238 g/mol. The number of carbonyl (C=O) groups excluding carboxylic acids is 1. The summed E-state index contributed by atoms with van der Waals surface area (Å²) >= 11 is 0. The highest BCUT2D eigenvalue weighted by atomic mass is 19.2. The fourth-order valence-corrected chi connectivity index (χ4v) is 2.30. The molecule has 0 spiro atoms. The Morgan fingerprint density at radius 1 is 1.39 bits per heavy atom. The number of carbonyl (C=O) groups is 1. The molecule has 1 atom stereocenters. The minimum absolute atomic E-state index is 0.0628. The highest BCUT2D eigenvalue weighted by Gasteiger charge is 2.21. The Bertz CT molecular complexity index is 451. The van der Waals surface area contributed by atoms with Crippen molar-refractivity contribution in [2.75, 3.05) is 18.0 Å². The molecule has 1 unspecified atom stereocenters. The second-order valence-corrected chi connectivity index (χ2v) is 4.58. The van der Waals surface area contributed by atoms with Gasteiger partial charge in [0.2, 0.25) is 5.91 Å². The van der Waals surface area contributed by atoms with E-state index < -0.39 is 11.6 Å². The molecule has 18 heavy (non-hydrogen) atoms. The molecule has 1 fully saturated rings. The summed E-state index contributed by atoms with van der Waals surface area (Å²) in [6, 6.07) is 3.97. The van der Waals surface area contributed by atoms with E-state index in [9.17, 15) is 13.6 Å². The summed E-state index contributed by atoms with van der Waals surface area (Å²) in [5, 5.41) is 2.86. The molecule has 1 aromatic rings. The van der Waals surface area contributed by atoms with Crippen molar-refractivity contribution in [3.05, 3.63) is 29.8 Å². The molecule has 0 saturated carbocycles. The molecule has 1 N–H and O–H groups in total. The van der Waals surface area contributed by atoms with Crippen molar-refractivity contribution in [1.82, 2.24) is 5.32 Å². The lowest BCUT2D eigenvalue weighted by Crippen LogP contribution is -2.47. The summed E-state index contributed by atoms with van der Waals surface area (Å²) < 4.78 is 26.0. The van der Waals surface area contributed by atoms with E-state index in [0.29, 0.717) is 12.2 Å². The average Bonchev–Trinajstić information content (AvgIpc) is 2.32. The molecule has 0 aromatic heterocycles. The van der Waals surface area contributed by atoms with Gasteiger partial charge in [0.15, 0.2) is 11.6 Å². The van der Waals surface area contributed by atoms with Crippen LogP contribution in [0.1, 0.15) is 19.8 Å². The van der Waals surface area contributed by atoms with Gasteiger partial charge in [-0.05, 0) is 25.0 Å². The summed E-state index contributed by atoms with van der Waals surface area (Å²) in [6.45, 7) is 2.91. The van der Waals surface area contributed by atoms with Crippen LogP contribution in [-0.2, 0) is 4.79 Å². The highest BCUT2D eigenvalue weighted by molar-refractivity contribution is 5.73. The van der Waals surface area contributed by atoms with E-state index >= 15 is 0 Å². The van der Waals surface area contributed by atoms with Crippen molar-refractivity contribution in [3.8, 4) is 0 Å². The third-order valence-corrected chi connectivity index (χ3v) is 3.10. The second kappa shape index (κ2) is 5.33. The predicted molar refractivity (Wildman–Crippen MR) is 65.4 cm³/mol. The maximum atomic E-state index is 13.2. The number of halogens is 2. The molecule has 98 valence electrons. The zero-order valence-electron chi connectivity index (χ0n) is 10.2. The fourth-order valence-electron chi connectivity index (χ4n) is 2.30. The molecule has 1 aromatic carbocycles. The van der Waals surface area contributed by atoms with Gasteiger partial charge in [0, 0.05) is 37.8 Å². The fraction of sp³-hybridized carbons (Fsp3) is 0.462. The molecule has 0 bridgehead atoms. The monoisotopic (exact) mass is 254 g/mol. The summed E-state index contributed by atoms with van der Waals surface area (Å²) in [6.07, 6.45) is 1.84. The standard InChI is InChI=1S/C13H16F2N2O/c1-9(18)16-10-3-2-6-17(8-10)11-4-5-12(14)13(15)7-11/h4-5,7,10H,2-3,6,8H2,1H3,(H,16,18). The van der Waals surface area contributed by atoms with Gasteiger partial charge in [-0.1, -0.05) is 0 Å². The SMILES string of the molecule is CC(=O)NC1CCCN(c2ccc(F)c(F)c2)C1. The number of nitrogens with one attached hydrogen (secondary N) is 1. The van der Waals surface area contributed by atoms with Crippen LogP contribution in [0.4, 0.5) is 14.5 Å². The Balaban J connectivity index is 2.08. The molecule has 1 saturated heterocycles. The Kier molecular flexibility index (Phi) is 3.79. The number of rotatable bonds is 2. The quantitative estimate of drug-likeness (QED) is 0.876. The van der Waals surface area contributed by atoms with Gasteiger partial charge < -0.3 is 10.2 Å². The number of piperidine rings is 1. The molecule has 1 amide bonds. The summed E-state index contributed by atoms with van der Waals surface area (Å²) in [4.78, 5) is 13.0. The molecule has 2 rings (SSSR count). The Hall–Kier alpha value is -1.65. The van der Waals surface area contributed by atoms with Gasteiger partial charge in [-0.3, -0.25) is 4.79 Å². The van der Waals surface area contributed by atoms with Gasteiger partial charge in [-0.15, -0.1) is 0 Å². The normalized spacial score (nSPS) is 19.7. The molecule has 3 nitrogen and oxygen atoms in total. The predicted octanol–water partition coefficient (Wildman–Crippen LogP) is 2.07. The first kappa shape index (κ1) is 12.8. The van der Waals surface area contributed by atoms with Crippen molar-refractivity contribution < 1.29 is 13.6 Å². The molecule has 0 aliphatic carbocycles. The molecule has 1 aliphatic rings. The minimum Gasteiger partial charge on any atom is -0.369 e. The first-order valence-electron chi connectivity index (χ1n) is 6.03. The summed E-state index contributed by atoms with van der Waals surface area (Å²) in [7, 11) is 0. The number of amides is 1. The van der Waals surface area contributed by atoms with Crippen molar-refractivity contribution in [1.29, 1.82) is 0 Å². The van der Waals surface area contributed by atoms with Crippen LogP contribution in [-0.4, -0.2) is 25.0 Å². The highest BCUT2D eigenvalue weighted by Crippen LogP contribution is 2.22. The molecule has 0 radical (unpaired) electrons. The van der Waals surface area contributed by atoms with E-state index in [1.807, 2.05) is 4.90 Å². The first-order valence-corrected chi connectivity index (χ1v) is 6.03. The van der Waals surface area contributed by atoms with E-state index in [1.165, 1.54) is 13.0 Å². The van der Waals surface area contributed by atoms with Crippen molar-refractivity contribution in [3.63, 3.8) is 0 Å². The van der Waals surface area contributed by atoms with E-state index in [-0.39, 0.29) is 11.9 Å². The third kappa shape index (κ3) is 2.97. The number of nitrogens with zero attached hydrogens (tertiary/aromatic N) is 1. The topological polar surface area (TPSA) is 32.3 Å². The van der Waals surface area contributed by atoms with E-state index in [4.69, 9.17) is 0 Å². The first-order chi connectivity index (χ1) is 8.56. The van der Waals surface area contributed by atoms with Gasteiger partial charge in [0.05, 0.1) is 0 Å². The van der Waals surface area contributed by atoms with E-state index in [2.05, 4.69) is 5.32 Å². The molecule has 1 aliphatic heterocycles. The second-order valence-electron chi connectivity index (χ2n) is 4.58. The Labute approximate surface area is 105 Å².